The van der Waals surface area contributed by atoms with Gasteiger partial charge in [0.15, 0.2) is 0 Å². The van der Waals surface area contributed by atoms with Crippen LogP contribution in [0.2, 0.25) is 0 Å². The van der Waals surface area contributed by atoms with Crippen LogP contribution in [-0.4, -0.2) is 0 Å². The van der Waals surface area contributed by atoms with Crippen molar-refractivity contribution in [3.63, 3.8) is 0 Å². The molecule has 0 atom stereocenters. The van der Waals surface area contributed by atoms with Crippen LogP contribution in [0.1, 0.15) is 11.1 Å². The monoisotopic (exact) mass is 544 g/mol. The first kappa shape index (κ1) is 24.2. The quantitative estimate of drug-likeness (QED) is 0.207. The Morgan fingerprint density at radius 3 is 1.37 bits per heavy atom. The first-order valence-corrected chi connectivity index (χ1v) is 15.1. The minimum Gasteiger partial charge on any atom is -0.0619 e. The zero-order valence-corrected chi connectivity index (χ0v) is 23.7. The van der Waals surface area contributed by atoms with Gasteiger partial charge in [0, 0.05) is 0 Å². The van der Waals surface area contributed by atoms with Crippen LogP contribution in [0.4, 0.5) is 0 Å². The third kappa shape index (κ3) is 3.91. The molecule has 0 spiro atoms. The summed E-state index contributed by atoms with van der Waals surface area (Å²) in [6.45, 7) is 0. The van der Waals surface area contributed by atoms with Crippen molar-refractivity contribution in [2.45, 2.75) is 6.42 Å². The van der Waals surface area contributed by atoms with Crippen molar-refractivity contribution in [2.24, 2.45) is 0 Å². The molecule has 0 bridgehead atoms. The van der Waals surface area contributed by atoms with Crippen LogP contribution in [0.3, 0.4) is 0 Å². The minimum absolute atomic E-state index is 0.937. The van der Waals surface area contributed by atoms with E-state index in [0.29, 0.717) is 0 Å². The molecule has 0 radical (unpaired) electrons. The van der Waals surface area contributed by atoms with E-state index in [0.717, 1.165) is 6.42 Å². The summed E-state index contributed by atoms with van der Waals surface area (Å²) in [6, 6.07) is 58.4. The number of fused-ring (bicyclic) bond motifs is 6. The molecular formula is C43H28. The predicted octanol–water partition coefficient (Wildman–Crippen LogP) is 11.7. The first-order valence-electron chi connectivity index (χ1n) is 15.1. The summed E-state index contributed by atoms with van der Waals surface area (Å²) in [7, 11) is 0. The lowest BCUT2D eigenvalue weighted by Crippen LogP contribution is -1.97. The van der Waals surface area contributed by atoms with Gasteiger partial charge in [-0.3, -0.25) is 0 Å². The molecule has 0 heterocycles. The molecule has 0 unspecified atom stereocenters. The first-order chi connectivity index (χ1) is 21.3. The molecule has 0 nitrogen and oxygen atoms in total. The Labute approximate surface area is 251 Å². The van der Waals surface area contributed by atoms with E-state index < -0.39 is 0 Å². The third-order valence-electron chi connectivity index (χ3n) is 9.25. The highest BCUT2D eigenvalue weighted by atomic mass is 14.3. The van der Waals surface area contributed by atoms with Gasteiger partial charge in [-0.2, -0.15) is 0 Å². The van der Waals surface area contributed by atoms with E-state index in [1.165, 1.54) is 88.0 Å². The minimum atomic E-state index is 0.937. The molecule has 43 heavy (non-hydrogen) atoms. The number of rotatable bonds is 3. The molecule has 0 aromatic heterocycles. The van der Waals surface area contributed by atoms with Crippen LogP contribution in [0.15, 0.2) is 158 Å². The van der Waals surface area contributed by atoms with Gasteiger partial charge in [0.05, 0.1) is 0 Å². The maximum Gasteiger partial charge on any atom is -0.000705 e. The van der Waals surface area contributed by atoms with Gasteiger partial charge in [0.1, 0.15) is 0 Å². The van der Waals surface area contributed by atoms with Crippen molar-refractivity contribution in [3.8, 4) is 44.5 Å². The standard InChI is InChI=1S/C43H28/c1-4-12-31-23-35(20-17-28(31)9-1)39-27-40-38-16-8-7-15-34(38)26-41(40)43(37-22-19-30-11-3-6-14-33(30)25-37)42(39)36-21-18-29-10-2-5-13-32(29)24-36/h1-25,27H,26H2. The van der Waals surface area contributed by atoms with Crippen molar-refractivity contribution in [3.05, 3.63) is 169 Å². The van der Waals surface area contributed by atoms with Crippen molar-refractivity contribution in [1.82, 2.24) is 0 Å². The molecule has 0 aliphatic heterocycles. The number of benzene rings is 8. The Bertz CT molecular complexity index is 2370. The van der Waals surface area contributed by atoms with Crippen LogP contribution in [0.5, 0.6) is 0 Å². The highest BCUT2D eigenvalue weighted by molar-refractivity contribution is 6.05. The SMILES string of the molecule is c1ccc2c(c1)Cc1c-2cc(-c2ccc3ccccc3c2)c(-c2ccc3ccccc3c2)c1-c1ccc2ccccc2c1. The lowest BCUT2D eigenvalue weighted by atomic mass is 9.81. The van der Waals surface area contributed by atoms with Crippen LogP contribution in [0.25, 0.3) is 76.8 Å². The van der Waals surface area contributed by atoms with Gasteiger partial charge >= 0.3 is 0 Å². The summed E-state index contributed by atoms with van der Waals surface area (Å²) in [5.41, 5.74) is 13.2. The highest BCUT2D eigenvalue weighted by Crippen LogP contribution is 2.51. The van der Waals surface area contributed by atoms with Gasteiger partial charge in [0.25, 0.3) is 0 Å². The molecule has 0 saturated heterocycles. The maximum atomic E-state index is 2.47. The number of hydrogen-bond donors (Lipinski definition) is 0. The third-order valence-corrected chi connectivity index (χ3v) is 9.25. The maximum absolute atomic E-state index is 2.47. The lowest BCUT2D eigenvalue weighted by Gasteiger charge is -2.22. The fraction of sp³-hybridized carbons (Fsp3) is 0.0233. The second-order valence-corrected chi connectivity index (χ2v) is 11.7. The van der Waals surface area contributed by atoms with Crippen molar-refractivity contribution >= 4 is 32.3 Å². The average molecular weight is 545 g/mol. The fourth-order valence-corrected chi connectivity index (χ4v) is 7.17. The van der Waals surface area contributed by atoms with E-state index in [2.05, 4.69) is 158 Å². The molecule has 0 heteroatoms. The molecule has 8 aromatic rings. The number of hydrogen-bond acceptors (Lipinski definition) is 0. The largest absolute Gasteiger partial charge is 0.0619 e. The van der Waals surface area contributed by atoms with Gasteiger partial charge in [-0.15, -0.1) is 0 Å². The van der Waals surface area contributed by atoms with Crippen LogP contribution in [0, 0.1) is 0 Å². The molecule has 0 fully saturated rings. The fourth-order valence-electron chi connectivity index (χ4n) is 7.17. The molecule has 0 N–H and O–H groups in total. The Morgan fingerprint density at radius 2 is 0.767 bits per heavy atom. The normalized spacial score (nSPS) is 12.1. The van der Waals surface area contributed by atoms with Crippen LogP contribution in [-0.2, 0) is 6.42 Å². The molecule has 8 aromatic carbocycles. The van der Waals surface area contributed by atoms with E-state index in [1.54, 1.807) is 0 Å². The van der Waals surface area contributed by atoms with Crippen LogP contribution >= 0.6 is 0 Å². The van der Waals surface area contributed by atoms with E-state index in [-0.39, 0.29) is 0 Å². The molecular weight excluding hydrogens is 516 g/mol. The van der Waals surface area contributed by atoms with E-state index in [9.17, 15) is 0 Å². The summed E-state index contributed by atoms with van der Waals surface area (Å²) >= 11 is 0. The van der Waals surface area contributed by atoms with E-state index in [4.69, 9.17) is 0 Å². The van der Waals surface area contributed by atoms with Crippen molar-refractivity contribution in [2.75, 3.05) is 0 Å². The Balaban J connectivity index is 1.43. The topological polar surface area (TPSA) is 0 Å². The summed E-state index contributed by atoms with van der Waals surface area (Å²) in [5, 5.41) is 7.59. The second kappa shape index (κ2) is 9.54. The molecule has 1 aliphatic carbocycles. The molecule has 9 rings (SSSR count). The van der Waals surface area contributed by atoms with E-state index in [1.807, 2.05) is 0 Å². The van der Waals surface area contributed by atoms with Gasteiger partial charge < -0.3 is 0 Å². The van der Waals surface area contributed by atoms with Gasteiger partial charge in [-0.1, -0.05) is 133 Å². The predicted molar refractivity (Wildman–Crippen MR) is 184 cm³/mol. The molecule has 0 amide bonds. The highest BCUT2D eigenvalue weighted by Gasteiger charge is 2.27. The van der Waals surface area contributed by atoms with Crippen molar-refractivity contribution < 1.29 is 0 Å². The average Bonchev–Trinajstić information content (AvgIpc) is 3.45. The lowest BCUT2D eigenvalue weighted by molar-refractivity contribution is 1.26. The summed E-state index contributed by atoms with van der Waals surface area (Å²) in [5.74, 6) is 0. The van der Waals surface area contributed by atoms with Gasteiger partial charge in [-0.25, -0.2) is 0 Å². The zero-order valence-electron chi connectivity index (χ0n) is 23.7. The Kier molecular flexibility index (Phi) is 5.36. The second-order valence-electron chi connectivity index (χ2n) is 11.7. The van der Waals surface area contributed by atoms with E-state index >= 15 is 0 Å². The van der Waals surface area contributed by atoms with Crippen molar-refractivity contribution in [1.29, 1.82) is 0 Å². The molecule has 200 valence electrons. The Hall–Kier alpha value is -5.46. The summed E-state index contributed by atoms with van der Waals surface area (Å²) < 4.78 is 0. The summed E-state index contributed by atoms with van der Waals surface area (Å²) in [4.78, 5) is 0. The van der Waals surface area contributed by atoms with Crippen LogP contribution < -0.4 is 0 Å². The zero-order chi connectivity index (χ0) is 28.3. The Morgan fingerprint density at radius 1 is 0.302 bits per heavy atom. The molecule has 1 aliphatic rings. The van der Waals surface area contributed by atoms with Gasteiger partial charge in [0.2, 0.25) is 0 Å². The summed E-state index contributed by atoms with van der Waals surface area (Å²) in [6.07, 6.45) is 0.937. The smallest absolute Gasteiger partial charge is 0.000705 e. The molecule has 0 saturated carbocycles. The van der Waals surface area contributed by atoms with Gasteiger partial charge in [-0.05, 0) is 119 Å².